The molecule has 2 aromatic heterocycles. The van der Waals surface area contributed by atoms with Crippen molar-refractivity contribution in [3.8, 4) is 11.1 Å². The number of hydrogen-bond donors (Lipinski definition) is 3. The summed E-state index contributed by atoms with van der Waals surface area (Å²) in [4.78, 5) is 11.1. The minimum Gasteiger partial charge on any atom is -0.432 e. The van der Waals surface area contributed by atoms with Crippen molar-refractivity contribution in [1.82, 2.24) is 20.2 Å². The lowest BCUT2D eigenvalue weighted by Crippen LogP contribution is -2.40. The average molecular weight is 427 g/mol. The third-order valence-corrected chi connectivity index (χ3v) is 5.77. The van der Waals surface area contributed by atoms with Crippen LogP contribution in [0.3, 0.4) is 0 Å². The summed E-state index contributed by atoms with van der Waals surface area (Å²) < 4.78 is 5.03. The van der Waals surface area contributed by atoms with Gasteiger partial charge in [0.05, 0.1) is 22.9 Å². The summed E-state index contributed by atoms with van der Waals surface area (Å²) in [5, 5.41) is 7.55. The van der Waals surface area contributed by atoms with Crippen LogP contribution in [0, 0.1) is 0 Å². The zero-order chi connectivity index (χ0) is 20.9. The number of aromatic nitrogens is 2. The third-order valence-electron chi connectivity index (χ3n) is 5.44. The van der Waals surface area contributed by atoms with Gasteiger partial charge in [-0.2, -0.15) is 4.98 Å². The van der Waals surface area contributed by atoms with Gasteiger partial charge in [0, 0.05) is 24.3 Å². The number of likely N-dealkylation sites (tertiary alicyclic amines) is 1. The van der Waals surface area contributed by atoms with Gasteiger partial charge in [-0.15, -0.1) is 0 Å². The summed E-state index contributed by atoms with van der Waals surface area (Å²) in [6.45, 7) is 3.58. The van der Waals surface area contributed by atoms with Crippen LogP contribution in [0.2, 0.25) is 5.02 Å². The van der Waals surface area contributed by atoms with E-state index in [-0.39, 0.29) is 6.01 Å². The molecule has 158 valence electrons. The topological polar surface area (TPSA) is 92.2 Å². The molecular formula is C22H27ClN6O. The van der Waals surface area contributed by atoms with Crippen molar-refractivity contribution < 1.29 is 4.42 Å². The minimum atomic E-state index is 0.156. The van der Waals surface area contributed by atoms with E-state index in [0.717, 1.165) is 47.8 Å². The third kappa shape index (κ3) is 5.30. The first kappa shape index (κ1) is 20.7. The van der Waals surface area contributed by atoms with Crippen LogP contribution in [0.25, 0.3) is 11.1 Å². The molecule has 4 N–H and O–H groups in total. The molecule has 7 nitrogen and oxygen atoms in total. The van der Waals surface area contributed by atoms with E-state index >= 15 is 0 Å². The van der Waals surface area contributed by atoms with Gasteiger partial charge in [-0.25, -0.2) is 0 Å². The predicted octanol–water partition coefficient (Wildman–Crippen LogP) is 3.77. The Morgan fingerprint density at radius 2 is 1.93 bits per heavy atom. The van der Waals surface area contributed by atoms with Crippen LogP contribution in [0.4, 0.5) is 11.7 Å². The number of pyridine rings is 1. The molecule has 1 aliphatic rings. The summed E-state index contributed by atoms with van der Waals surface area (Å²) in [6, 6.07) is 10.8. The molecule has 0 spiro atoms. The first-order chi connectivity index (χ1) is 14.6. The minimum absolute atomic E-state index is 0.156. The first-order valence-electron chi connectivity index (χ1n) is 10.2. The van der Waals surface area contributed by atoms with Crippen molar-refractivity contribution in [1.29, 1.82) is 0 Å². The summed E-state index contributed by atoms with van der Waals surface area (Å²) in [6.07, 6.45) is 5.82. The molecule has 0 unspecified atom stereocenters. The molecule has 4 rings (SSSR count). The van der Waals surface area contributed by atoms with Gasteiger partial charge in [-0.3, -0.25) is 4.98 Å². The van der Waals surface area contributed by atoms with E-state index in [1.165, 1.54) is 19.1 Å². The van der Waals surface area contributed by atoms with Crippen LogP contribution in [-0.4, -0.2) is 41.0 Å². The van der Waals surface area contributed by atoms with E-state index in [9.17, 15) is 0 Å². The van der Waals surface area contributed by atoms with E-state index in [1.54, 1.807) is 0 Å². The highest BCUT2D eigenvalue weighted by atomic mass is 35.5. The van der Waals surface area contributed by atoms with E-state index in [0.29, 0.717) is 17.6 Å². The van der Waals surface area contributed by atoms with Crippen LogP contribution in [0.5, 0.6) is 0 Å². The fourth-order valence-corrected chi connectivity index (χ4v) is 3.78. The monoisotopic (exact) mass is 426 g/mol. The predicted molar refractivity (Wildman–Crippen MR) is 120 cm³/mol. The summed E-state index contributed by atoms with van der Waals surface area (Å²) in [5.74, 6) is 0. The normalized spacial score (nSPS) is 15.4. The Morgan fingerprint density at radius 1 is 1.13 bits per heavy atom. The van der Waals surface area contributed by atoms with Gasteiger partial charge in [0.2, 0.25) is 0 Å². The molecule has 0 bridgehead atoms. The number of nitrogens with one attached hydrogen (secondary N) is 2. The lowest BCUT2D eigenvalue weighted by Gasteiger charge is -2.29. The second-order valence-corrected chi connectivity index (χ2v) is 8.13. The number of nitrogen functional groups attached to an aromatic ring is 1. The molecule has 1 fully saturated rings. The quantitative estimate of drug-likeness (QED) is 0.529. The van der Waals surface area contributed by atoms with Crippen molar-refractivity contribution in [2.24, 2.45) is 0 Å². The lowest BCUT2D eigenvalue weighted by atomic mass is 10.1. The Hall–Kier alpha value is -2.61. The Morgan fingerprint density at radius 3 is 2.63 bits per heavy atom. The van der Waals surface area contributed by atoms with Crippen LogP contribution in [-0.2, 0) is 13.1 Å². The second-order valence-electron chi connectivity index (χ2n) is 7.72. The number of nitrogens with zero attached hydrogens (tertiary/aromatic N) is 3. The van der Waals surface area contributed by atoms with Gasteiger partial charge in [-0.1, -0.05) is 23.7 Å². The number of nitrogens with two attached hydrogens (primary N) is 1. The summed E-state index contributed by atoms with van der Waals surface area (Å²) in [5.41, 5.74) is 10.2. The molecule has 0 radical (unpaired) electrons. The van der Waals surface area contributed by atoms with Crippen molar-refractivity contribution >= 4 is 23.3 Å². The van der Waals surface area contributed by atoms with E-state index in [2.05, 4.69) is 44.7 Å². The Labute approximate surface area is 181 Å². The van der Waals surface area contributed by atoms with Crippen molar-refractivity contribution in [2.75, 3.05) is 31.2 Å². The molecule has 8 heteroatoms. The molecule has 1 saturated heterocycles. The van der Waals surface area contributed by atoms with Gasteiger partial charge in [0.15, 0.2) is 0 Å². The highest BCUT2D eigenvalue weighted by Crippen LogP contribution is 2.29. The highest BCUT2D eigenvalue weighted by molar-refractivity contribution is 6.33. The molecule has 3 aromatic rings. The molecule has 3 heterocycles. The zero-order valence-electron chi connectivity index (χ0n) is 17.1. The summed E-state index contributed by atoms with van der Waals surface area (Å²) in [7, 11) is 2.18. The van der Waals surface area contributed by atoms with Crippen molar-refractivity contribution in [3.05, 3.63) is 59.2 Å². The number of rotatable bonds is 7. The van der Waals surface area contributed by atoms with Gasteiger partial charge < -0.3 is 25.7 Å². The molecule has 30 heavy (non-hydrogen) atoms. The number of oxazole rings is 1. The second kappa shape index (κ2) is 9.47. The van der Waals surface area contributed by atoms with Crippen LogP contribution in [0.15, 0.2) is 47.2 Å². The summed E-state index contributed by atoms with van der Waals surface area (Å²) >= 11 is 6.35. The molecule has 0 amide bonds. The SMILES string of the molecule is CN1CCC(NCc2ccc(-c3ccc(Cl)c(NCc4coc(N)n4)c3)cn2)CC1. The average Bonchev–Trinajstić information content (AvgIpc) is 3.18. The number of piperidine rings is 1. The molecule has 0 saturated carbocycles. The maximum absolute atomic E-state index is 6.35. The maximum atomic E-state index is 6.35. The van der Waals surface area contributed by atoms with Crippen LogP contribution < -0.4 is 16.4 Å². The first-order valence-corrected chi connectivity index (χ1v) is 10.5. The number of anilines is 2. The number of halogens is 1. The van der Waals surface area contributed by atoms with Gasteiger partial charge in [-0.05, 0) is 56.7 Å². The molecule has 1 aliphatic heterocycles. The van der Waals surface area contributed by atoms with Crippen molar-refractivity contribution in [2.45, 2.75) is 32.0 Å². The fraction of sp³-hybridized carbons (Fsp3) is 0.364. The van der Waals surface area contributed by atoms with Gasteiger partial charge in [0.1, 0.15) is 12.0 Å². The van der Waals surface area contributed by atoms with Crippen molar-refractivity contribution in [3.63, 3.8) is 0 Å². The molecular weight excluding hydrogens is 400 g/mol. The van der Waals surface area contributed by atoms with Gasteiger partial charge >= 0.3 is 0 Å². The Balaban J connectivity index is 1.37. The molecule has 0 aliphatic carbocycles. The highest BCUT2D eigenvalue weighted by Gasteiger charge is 2.16. The Kier molecular flexibility index (Phi) is 6.52. The Bertz CT molecular complexity index is 966. The van der Waals surface area contributed by atoms with Crippen LogP contribution >= 0.6 is 11.6 Å². The number of benzene rings is 1. The zero-order valence-corrected chi connectivity index (χ0v) is 17.8. The fourth-order valence-electron chi connectivity index (χ4n) is 3.59. The lowest BCUT2D eigenvalue weighted by molar-refractivity contribution is 0.233. The molecule has 0 atom stereocenters. The van der Waals surface area contributed by atoms with E-state index in [1.807, 2.05) is 24.4 Å². The largest absolute Gasteiger partial charge is 0.432 e. The van der Waals surface area contributed by atoms with E-state index in [4.69, 9.17) is 21.8 Å². The smallest absolute Gasteiger partial charge is 0.292 e. The van der Waals surface area contributed by atoms with Gasteiger partial charge in [0.25, 0.3) is 6.01 Å². The number of hydrogen-bond acceptors (Lipinski definition) is 7. The molecule has 1 aromatic carbocycles. The van der Waals surface area contributed by atoms with E-state index < -0.39 is 0 Å². The standard InChI is InChI=1S/C22H27ClN6O/c1-29-8-6-17(7-9-29)26-12-18-4-2-16(11-25-18)15-3-5-20(23)21(10-15)27-13-19-14-30-22(24)28-19/h2-5,10-11,14,17,26-27H,6-9,12-13H2,1H3,(H2,24,28). The van der Waals surface area contributed by atoms with Crippen LogP contribution in [0.1, 0.15) is 24.2 Å². The maximum Gasteiger partial charge on any atom is 0.292 e.